The van der Waals surface area contributed by atoms with Crippen molar-refractivity contribution in [2.24, 2.45) is 0 Å². The topological polar surface area (TPSA) is 35.5 Å². The van der Waals surface area contributed by atoms with Crippen LogP contribution < -0.4 is 0 Å². The van der Waals surface area contributed by atoms with Gasteiger partial charge in [0, 0.05) is 13.2 Å². The van der Waals surface area contributed by atoms with Gasteiger partial charge in [-0.1, -0.05) is 155 Å². The molecule has 0 spiro atoms. The second-order valence-corrected chi connectivity index (χ2v) is 11.3. The molecule has 0 bridgehead atoms. The van der Waals surface area contributed by atoms with Gasteiger partial charge in [-0.05, 0) is 24.4 Å². The fourth-order valence-electron chi connectivity index (χ4n) is 4.80. The van der Waals surface area contributed by atoms with Crippen molar-refractivity contribution >= 4 is 16.8 Å². The van der Waals surface area contributed by atoms with Crippen molar-refractivity contribution in [1.29, 1.82) is 0 Å². The monoisotopic (exact) mass is 530 g/mol. The van der Waals surface area contributed by atoms with Gasteiger partial charge in [-0.25, -0.2) is 0 Å². The molecule has 4 heteroatoms. The second kappa shape index (κ2) is 31.1. The van der Waals surface area contributed by atoms with Crippen LogP contribution in [-0.4, -0.2) is 31.2 Å². The standard InChI is InChI=1S/C32H63ClO3/c1-3-5-7-9-11-13-15-17-19-21-23-25-27-35-30-31(29-32(33)34)36-28-26-24-22-20-18-16-14-12-10-8-6-4-2/h31H,3-30H2,1-2H3. The molecule has 0 aliphatic carbocycles. The lowest BCUT2D eigenvalue weighted by Gasteiger charge is -2.16. The molecule has 0 heterocycles. The third-order valence-electron chi connectivity index (χ3n) is 7.19. The van der Waals surface area contributed by atoms with Crippen LogP contribution in [-0.2, 0) is 14.3 Å². The van der Waals surface area contributed by atoms with Crippen LogP contribution in [0.2, 0.25) is 0 Å². The zero-order valence-corrected chi connectivity index (χ0v) is 25.2. The number of halogens is 1. The maximum Gasteiger partial charge on any atom is 0.224 e. The Bertz CT molecular complexity index is 430. The maximum atomic E-state index is 11.4. The highest BCUT2D eigenvalue weighted by Crippen LogP contribution is 2.14. The van der Waals surface area contributed by atoms with Gasteiger partial charge < -0.3 is 9.47 Å². The van der Waals surface area contributed by atoms with E-state index in [0.29, 0.717) is 13.2 Å². The van der Waals surface area contributed by atoms with Gasteiger partial charge in [-0.2, -0.15) is 0 Å². The van der Waals surface area contributed by atoms with Crippen molar-refractivity contribution in [3.8, 4) is 0 Å². The molecule has 0 aromatic rings. The highest BCUT2D eigenvalue weighted by atomic mass is 35.5. The molecule has 0 aliphatic rings. The predicted molar refractivity (Wildman–Crippen MR) is 158 cm³/mol. The van der Waals surface area contributed by atoms with Crippen LogP contribution in [0.4, 0.5) is 0 Å². The number of unbranched alkanes of at least 4 members (excludes halogenated alkanes) is 22. The van der Waals surface area contributed by atoms with Gasteiger partial charge in [0.15, 0.2) is 0 Å². The van der Waals surface area contributed by atoms with Gasteiger partial charge in [-0.15, -0.1) is 0 Å². The van der Waals surface area contributed by atoms with E-state index in [1.54, 1.807) is 0 Å². The number of carbonyl (C=O) groups is 1. The predicted octanol–water partition coefficient (Wildman–Crippen LogP) is 10.9. The molecule has 0 radical (unpaired) electrons. The van der Waals surface area contributed by atoms with Gasteiger partial charge in [0.25, 0.3) is 0 Å². The first-order chi connectivity index (χ1) is 17.7. The van der Waals surface area contributed by atoms with Crippen LogP contribution in [0.15, 0.2) is 0 Å². The SMILES string of the molecule is CCCCCCCCCCCCCCOCC(CC(=O)Cl)OCCCCCCCCCCCCCC. The Labute approximate surface area is 231 Å². The first kappa shape index (κ1) is 35.9. The summed E-state index contributed by atoms with van der Waals surface area (Å²) < 4.78 is 11.7. The van der Waals surface area contributed by atoms with Crippen LogP contribution in [0.25, 0.3) is 0 Å². The molecule has 0 aromatic heterocycles. The second-order valence-electron chi connectivity index (χ2n) is 10.9. The number of hydrogen-bond acceptors (Lipinski definition) is 3. The minimum Gasteiger partial charge on any atom is -0.379 e. The van der Waals surface area contributed by atoms with Crippen molar-refractivity contribution in [2.75, 3.05) is 19.8 Å². The van der Waals surface area contributed by atoms with Crippen molar-refractivity contribution in [3.63, 3.8) is 0 Å². The fourth-order valence-corrected chi connectivity index (χ4v) is 4.97. The Hall–Kier alpha value is -0.120. The van der Waals surface area contributed by atoms with Crippen molar-refractivity contribution < 1.29 is 14.3 Å². The summed E-state index contributed by atoms with van der Waals surface area (Å²) in [5, 5.41) is -0.330. The van der Waals surface area contributed by atoms with E-state index in [0.717, 1.165) is 19.4 Å². The third-order valence-corrected chi connectivity index (χ3v) is 7.34. The van der Waals surface area contributed by atoms with E-state index in [4.69, 9.17) is 21.1 Å². The van der Waals surface area contributed by atoms with Gasteiger partial charge in [0.2, 0.25) is 5.24 Å². The molecule has 216 valence electrons. The molecule has 0 aliphatic heterocycles. The average Bonchev–Trinajstić information content (AvgIpc) is 2.86. The zero-order valence-electron chi connectivity index (χ0n) is 24.5. The van der Waals surface area contributed by atoms with Gasteiger partial charge in [0.05, 0.1) is 19.1 Å². The molecule has 0 amide bonds. The lowest BCUT2D eigenvalue weighted by atomic mass is 10.1. The molecule has 0 fully saturated rings. The molecule has 0 saturated heterocycles. The van der Waals surface area contributed by atoms with E-state index < -0.39 is 0 Å². The van der Waals surface area contributed by atoms with E-state index in [9.17, 15) is 4.79 Å². The summed E-state index contributed by atoms with van der Waals surface area (Å²) in [7, 11) is 0. The van der Waals surface area contributed by atoms with Crippen LogP contribution in [0.1, 0.15) is 174 Å². The lowest BCUT2D eigenvalue weighted by molar-refractivity contribution is -0.116. The average molecular weight is 531 g/mol. The smallest absolute Gasteiger partial charge is 0.224 e. The Balaban J connectivity index is 3.50. The highest BCUT2D eigenvalue weighted by molar-refractivity contribution is 6.63. The summed E-state index contributed by atoms with van der Waals surface area (Å²) in [5.74, 6) is 0. The minimum atomic E-state index is -0.330. The van der Waals surface area contributed by atoms with Crippen molar-refractivity contribution in [1.82, 2.24) is 0 Å². The van der Waals surface area contributed by atoms with Gasteiger partial charge in [0.1, 0.15) is 0 Å². The molecule has 3 nitrogen and oxygen atoms in total. The summed E-state index contributed by atoms with van der Waals surface area (Å²) in [6.07, 6.45) is 32.2. The molecule has 0 saturated carbocycles. The Morgan fingerprint density at radius 3 is 1.22 bits per heavy atom. The molecule has 0 N–H and O–H groups in total. The molecular formula is C32H63ClO3. The Morgan fingerprint density at radius 1 is 0.528 bits per heavy atom. The molecule has 1 atom stereocenters. The number of rotatable bonds is 31. The number of hydrogen-bond donors (Lipinski definition) is 0. The summed E-state index contributed by atoms with van der Waals surface area (Å²) in [6, 6.07) is 0. The third kappa shape index (κ3) is 30.1. The summed E-state index contributed by atoms with van der Waals surface area (Å²) in [6.45, 7) is 6.49. The normalized spacial score (nSPS) is 12.3. The molecule has 1 unspecified atom stereocenters. The first-order valence-electron chi connectivity index (χ1n) is 16.1. The van der Waals surface area contributed by atoms with Gasteiger partial charge >= 0.3 is 0 Å². The molecule has 0 rings (SSSR count). The van der Waals surface area contributed by atoms with Crippen LogP contribution >= 0.6 is 11.6 Å². The van der Waals surface area contributed by atoms with E-state index in [1.165, 1.54) is 141 Å². The van der Waals surface area contributed by atoms with E-state index in [1.807, 2.05) is 0 Å². The fraction of sp³-hybridized carbons (Fsp3) is 0.969. The number of ether oxygens (including phenoxy) is 2. The largest absolute Gasteiger partial charge is 0.379 e. The van der Waals surface area contributed by atoms with Crippen molar-refractivity contribution in [3.05, 3.63) is 0 Å². The van der Waals surface area contributed by atoms with E-state index in [-0.39, 0.29) is 17.8 Å². The quantitative estimate of drug-likeness (QED) is 0.0660. The highest BCUT2D eigenvalue weighted by Gasteiger charge is 2.13. The first-order valence-corrected chi connectivity index (χ1v) is 16.5. The lowest BCUT2D eigenvalue weighted by Crippen LogP contribution is -2.23. The van der Waals surface area contributed by atoms with Crippen LogP contribution in [0.5, 0.6) is 0 Å². The summed E-state index contributed by atoms with van der Waals surface area (Å²) >= 11 is 5.62. The summed E-state index contributed by atoms with van der Waals surface area (Å²) in [4.78, 5) is 11.4. The molecule has 0 aromatic carbocycles. The zero-order chi connectivity index (χ0) is 26.4. The van der Waals surface area contributed by atoms with E-state index in [2.05, 4.69) is 13.8 Å². The molecular weight excluding hydrogens is 468 g/mol. The van der Waals surface area contributed by atoms with Gasteiger partial charge in [-0.3, -0.25) is 4.79 Å². The van der Waals surface area contributed by atoms with Crippen LogP contribution in [0.3, 0.4) is 0 Å². The summed E-state index contributed by atoms with van der Waals surface area (Å²) in [5.41, 5.74) is 0. The van der Waals surface area contributed by atoms with Crippen molar-refractivity contribution in [2.45, 2.75) is 180 Å². The number of carbonyl (C=O) groups excluding carboxylic acids is 1. The van der Waals surface area contributed by atoms with E-state index >= 15 is 0 Å². The Morgan fingerprint density at radius 2 is 0.861 bits per heavy atom. The Kier molecular flexibility index (Phi) is 31.0. The maximum absolute atomic E-state index is 11.4. The van der Waals surface area contributed by atoms with Crippen LogP contribution in [0, 0.1) is 0 Å². The molecule has 36 heavy (non-hydrogen) atoms. The minimum absolute atomic E-state index is 0.194.